The number of carbonyl (C=O) groups excluding carboxylic acids is 1. The van der Waals surface area contributed by atoms with Crippen molar-refractivity contribution in [2.24, 2.45) is 0 Å². The summed E-state index contributed by atoms with van der Waals surface area (Å²) in [6.45, 7) is 0.807. The van der Waals surface area contributed by atoms with Crippen molar-refractivity contribution in [1.82, 2.24) is 4.90 Å². The Balaban J connectivity index is 1.56. The van der Waals surface area contributed by atoms with Crippen LogP contribution in [0.2, 0.25) is 0 Å². The van der Waals surface area contributed by atoms with Crippen LogP contribution in [0.25, 0.3) is 0 Å². The van der Waals surface area contributed by atoms with Crippen LogP contribution >= 0.6 is 23.1 Å². The molecule has 134 valence electrons. The van der Waals surface area contributed by atoms with Crippen LogP contribution in [0.3, 0.4) is 0 Å². The van der Waals surface area contributed by atoms with Gasteiger partial charge in [0.05, 0.1) is 16.8 Å². The zero-order valence-corrected chi connectivity index (χ0v) is 16.3. The van der Waals surface area contributed by atoms with Crippen LogP contribution in [-0.2, 0) is 20.4 Å². The summed E-state index contributed by atoms with van der Waals surface area (Å²) < 4.78 is 25.1. The molecule has 1 aliphatic rings. The zero-order chi connectivity index (χ0) is 17.7. The van der Waals surface area contributed by atoms with E-state index in [1.165, 1.54) is 16.9 Å². The minimum Gasteiger partial charge on any atom is -0.341 e. The minimum atomic E-state index is -3.20. The van der Waals surface area contributed by atoms with Crippen LogP contribution < -0.4 is 0 Å². The van der Waals surface area contributed by atoms with Crippen molar-refractivity contribution in [1.29, 1.82) is 0 Å². The lowest BCUT2D eigenvalue weighted by molar-refractivity contribution is -0.128. The molecule has 4 nitrogen and oxygen atoms in total. The van der Waals surface area contributed by atoms with Gasteiger partial charge in [0, 0.05) is 23.7 Å². The second-order valence-electron chi connectivity index (χ2n) is 6.02. The second kappa shape index (κ2) is 8.38. The zero-order valence-electron chi connectivity index (χ0n) is 13.8. The fraction of sp³-hybridized carbons (Fsp3) is 0.389. The first-order valence-corrected chi connectivity index (χ1v) is 12.0. The molecule has 0 aliphatic carbocycles. The summed E-state index contributed by atoms with van der Waals surface area (Å²) in [5.41, 5.74) is 1.19. The van der Waals surface area contributed by atoms with Gasteiger partial charge in [-0.3, -0.25) is 4.79 Å². The highest BCUT2D eigenvalue weighted by Crippen LogP contribution is 2.32. The molecule has 1 amide bonds. The SMILES string of the molecule is O=C(CSCc1ccccc1)N1CCC(c2cccs2)S(=O)(=O)CC1. The van der Waals surface area contributed by atoms with Gasteiger partial charge in [-0.2, -0.15) is 0 Å². The molecule has 1 aromatic heterocycles. The second-order valence-corrected chi connectivity index (χ2v) is 10.3. The van der Waals surface area contributed by atoms with Gasteiger partial charge in [-0.1, -0.05) is 36.4 Å². The van der Waals surface area contributed by atoms with Crippen LogP contribution in [-0.4, -0.2) is 43.8 Å². The van der Waals surface area contributed by atoms with Crippen LogP contribution in [0.1, 0.15) is 22.1 Å². The smallest absolute Gasteiger partial charge is 0.232 e. The number of hydrogen-bond donors (Lipinski definition) is 0. The van der Waals surface area contributed by atoms with E-state index in [9.17, 15) is 13.2 Å². The van der Waals surface area contributed by atoms with E-state index in [1.807, 2.05) is 47.8 Å². The molecular weight excluding hydrogens is 374 g/mol. The molecule has 2 heterocycles. The first-order chi connectivity index (χ1) is 12.1. The van der Waals surface area contributed by atoms with Gasteiger partial charge >= 0.3 is 0 Å². The number of carbonyl (C=O) groups is 1. The largest absolute Gasteiger partial charge is 0.341 e. The molecule has 2 aromatic rings. The lowest BCUT2D eigenvalue weighted by atomic mass is 10.2. The van der Waals surface area contributed by atoms with Gasteiger partial charge in [-0.15, -0.1) is 23.1 Å². The number of rotatable bonds is 5. The molecule has 1 saturated heterocycles. The fourth-order valence-corrected chi connectivity index (χ4v) is 6.80. The molecule has 1 fully saturated rings. The Labute approximate surface area is 157 Å². The maximum atomic E-state index is 12.5. The van der Waals surface area contributed by atoms with E-state index >= 15 is 0 Å². The van der Waals surface area contributed by atoms with Gasteiger partial charge in [0.2, 0.25) is 5.91 Å². The highest BCUT2D eigenvalue weighted by Gasteiger charge is 2.33. The van der Waals surface area contributed by atoms with Crippen molar-refractivity contribution in [3.63, 3.8) is 0 Å². The highest BCUT2D eigenvalue weighted by atomic mass is 32.2. The normalized spacial score (nSPS) is 20.2. The molecule has 1 aromatic carbocycles. The minimum absolute atomic E-state index is 0.0305. The molecule has 25 heavy (non-hydrogen) atoms. The van der Waals surface area contributed by atoms with Gasteiger partial charge < -0.3 is 4.90 Å². The molecular formula is C18H21NO3S3. The van der Waals surface area contributed by atoms with E-state index in [0.717, 1.165) is 10.6 Å². The van der Waals surface area contributed by atoms with Crippen molar-refractivity contribution in [3.8, 4) is 0 Å². The summed E-state index contributed by atoms with van der Waals surface area (Å²) in [7, 11) is -3.20. The Kier molecular flexibility index (Phi) is 6.19. The van der Waals surface area contributed by atoms with Crippen molar-refractivity contribution in [2.45, 2.75) is 17.4 Å². The predicted octanol–water partition coefficient (Wildman–Crippen LogP) is 3.37. The Hall–Kier alpha value is -1.31. The molecule has 0 saturated carbocycles. The molecule has 1 aliphatic heterocycles. The van der Waals surface area contributed by atoms with E-state index in [1.54, 1.807) is 16.7 Å². The monoisotopic (exact) mass is 395 g/mol. The number of sulfone groups is 1. The third kappa shape index (κ3) is 4.86. The number of nitrogens with zero attached hydrogens (tertiary/aromatic N) is 1. The van der Waals surface area contributed by atoms with Crippen LogP contribution in [0, 0.1) is 0 Å². The van der Waals surface area contributed by atoms with E-state index in [0.29, 0.717) is 25.3 Å². The number of benzene rings is 1. The maximum absolute atomic E-state index is 12.5. The molecule has 1 atom stereocenters. The molecule has 1 unspecified atom stereocenters. The van der Waals surface area contributed by atoms with Crippen LogP contribution in [0.15, 0.2) is 47.8 Å². The van der Waals surface area contributed by atoms with Crippen molar-refractivity contribution in [2.75, 3.05) is 24.6 Å². The maximum Gasteiger partial charge on any atom is 0.232 e. The molecule has 0 N–H and O–H groups in total. The summed E-state index contributed by atoms with van der Waals surface area (Å²) in [5.74, 6) is 1.25. The molecule has 0 bridgehead atoms. The third-order valence-electron chi connectivity index (χ3n) is 4.29. The average molecular weight is 396 g/mol. The summed E-state index contributed by atoms with van der Waals surface area (Å²) in [5, 5.41) is 1.43. The van der Waals surface area contributed by atoms with Crippen LogP contribution in [0.4, 0.5) is 0 Å². The predicted molar refractivity (Wildman–Crippen MR) is 105 cm³/mol. The summed E-state index contributed by atoms with van der Waals surface area (Å²) in [6, 6.07) is 13.8. The number of amides is 1. The van der Waals surface area contributed by atoms with Gasteiger partial charge in [-0.25, -0.2) is 8.42 Å². The molecule has 7 heteroatoms. The van der Waals surface area contributed by atoms with Gasteiger partial charge in [0.15, 0.2) is 9.84 Å². The lowest BCUT2D eigenvalue weighted by Gasteiger charge is -2.19. The van der Waals surface area contributed by atoms with E-state index < -0.39 is 15.1 Å². The summed E-state index contributed by atoms with van der Waals surface area (Å²) >= 11 is 3.05. The molecule has 0 spiro atoms. The Bertz CT molecular complexity index is 788. The number of thioether (sulfide) groups is 1. The van der Waals surface area contributed by atoms with Gasteiger partial charge in [-0.05, 0) is 23.4 Å². The van der Waals surface area contributed by atoms with E-state index in [-0.39, 0.29) is 11.7 Å². The van der Waals surface area contributed by atoms with Crippen LogP contribution in [0.5, 0.6) is 0 Å². The van der Waals surface area contributed by atoms with Gasteiger partial charge in [0.1, 0.15) is 0 Å². The van der Waals surface area contributed by atoms with Crippen molar-refractivity contribution < 1.29 is 13.2 Å². The van der Waals surface area contributed by atoms with E-state index in [4.69, 9.17) is 0 Å². The van der Waals surface area contributed by atoms with Gasteiger partial charge in [0.25, 0.3) is 0 Å². The topological polar surface area (TPSA) is 54.5 Å². The standard InChI is InChI=1S/C18H21NO3S3/c20-18(14-23-13-15-5-2-1-3-6-15)19-9-8-17(16-7-4-11-24-16)25(21,22)12-10-19/h1-7,11,17H,8-10,12-14H2. The number of hydrogen-bond acceptors (Lipinski definition) is 5. The Morgan fingerprint density at radius 1 is 1.16 bits per heavy atom. The average Bonchev–Trinajstić information content (AvgIpc) is 3.07. The first kappa shape index (κ1) is 18.5. The lowest BCUT2D eigenvalue weighted by Crippen LogP contribution is -2.34. The summed E-state index contributed by atoms with van der Waals surface area (Å²) in [6.07, 6.45) is 0.484. The van der Waals surface area contributed by atoms with Crippen molar-refractivity contribution >= 4 is 38.8 Å². The quantitative estimate of drug-likeness (QED) is 0.779. The summed E-state index contributed by atoms with van der Waals surface area (Å²) in [4.78, 5) is 15.1. The van der Waals surface area contributed by atoms with Crippen molar-refractivity contribution in [3.05, 3.63) is 58.3 Å². The molecule has 0 radical (unpaired) electrons. The number of thiophene rings is 1. The van der Waals surface area contributed by atoms with E-state index in [2.05, 4.69) is 0 Å². The fourth-order valence-electron chi connectivity index (χ4n) is 2.91. The molecule has 3 rings (SSSR count). The first-order valence-electron chi connectivity index (χ1n) is 8.21. The Morgan fingerprint density at radius 3 is 2.68 bits per heavy atom. The Morgan fingerprint density at radius 2 is 1.96 bits per heavy atom. The third-order valence-corrected chi connectivity index (χ3v) is 8.52. The highest BCUT2D eigenvalue weighted by molar-refractivity contribution is 7.99.